The topological polar surface area (TPSA) is 94.8 Å². The molecule has 0 radical (unpaired) electrons. The Morgan fingerprint density at radius 1 is 1.20 bits per heavy atom. The van der Waals surface area contributed by atoms with E-state index < -0.39 is 18.2 Å². The van der Waals surface area contributed by atoms with Crippen LogP contribution < -0.4 is 0 Å². The van der Waals surface area contributed by atoms with Crippen LogP contribution in [0, 0.1) is 11.8 Å². The van der Waals surface area contributed by atoms with Gasteiger partial charge in [0.1, 0.15) is 5.78 Å². The maximum atomic E-state index is 12.1. The fourth-order valence-electron chi connectivity index (χ4n) is 3.49. The van der Waals surface area contributed by atoms with Crippen molar-refractivity contribution in [1.29, 1.82) is 0 Å². The van der Waals surface area contributed by atoms with Gasteiger partial charge in [0.15, 0.2) is 0 Å². The number of hydrogen-bond acceptors (Lipinski definition) is 4. The molecule has 1 rings (SSSR count). The fourth-order valence-corrected chi connectivity index (χ4v) is 3.49. The van der Waals surface area contributed by atoms with Gasteiger partial charge in [-0.2, -0.15) is 0 Å². The molecule has 0 aromatic rings. The van der Waals surface area contributed by atoms with Crippen molar-refractivity contribution in [3.63, 3.8) is 0 Å². The van der Waals surface area contributed by atoms with Crippen LogP contribution in [0.5, 0.6) is 0 Å². The Kier molecular flexibility index (Phi) is 10.7. The van der Waals surface area contributed by atoms with Gasteiger partial charge in [0.2, 0.25) is 0 Å². The van der Waals surface area contributed by atoms with E-state index in [0.717, 1.165) is 51.4 Å². The Bertz CT molecular complexity index is 430. The summed E-state index contributed by atoms with van der Waals surface area (Å²) >= 11 is 0. The molecule has 0 aliphatic heterocycles. The van der Waals surface area contributed by atoms with Crippen molar-refractivity contribution in [2.24, 2.45) is 11.8 Å². The molecule has 3 N–H and O–H groups in total. The largest absolute Gasteiger partial charge is 0.481 e. The lowest BCUT2D eigenvalue weighted by atomic mass is 9.89. The Morgan fingerprint density at radius 3 is 2.60 bits per heavy atom. The van der Waals surface area contributed by atoms with Gasteiger partial charge in [-0.3, -0.25) is 9.59 Å². The van der Waals surface area contributed by atoms with E-state index in [4.69, 9.17) is 5.11 Å². The van der Waals surface area contributed by atoms with Gasteiger partial charge in [-0.15, -0.1) is 0 Å². The molecule has 0 aromatic carbocycles. The first kappa shape index (κ1) is 21.8. The number of carbonyl (C=O) groups excluding carboxylic acids is 1. The number of carbonyl (C=O) groups is 2. The summed E-state index contributed by atoms with van der Waals surface area (Å²) in [4.78, 5) is 22.5. The monoisotopic (exact) mass is 354 g/mol. The van der Waals surface area contributed by atoms with Gasteiger partial charge in [-0.25, -0.2) is 0 Å². The molecule has 0 amide bonds. The van der Waals surface area contributed by atoms with Crippen LogP contribution >= 0.6 is 0 Å². The first-order valence-electron chi connectivity index (χ1n) is 9.69. The summed E-state index contributed by atoms with van der Waals surface area (Å²) in [5.74, 6) is 0.0776. The van der Waals surface area contributed by atoms with Crippen LogP contribution in [0.4, 0.5) is 0 Å². The average Bonchev–Trinajstić information content (AvgIpc) is 2.90. The SMILES string of the molecule is CC(O)C(O)CCCC=C[C@H]1CCC(=O)[C@@H]1CCCCCCC(=O)O. The number of carboxylic acids is 1. The molecule has 1 saturated carbocycles. The summed E-state index contributed by atoms with van der Waals surface area (Å²) in [7, 11) is 0. The van der Waals surface area contributed by atoms with E-state index in [9.17, 15) is 19.8 Å². The molecule has 144 valence electrons. The van der Waals surface area contributed by atoms with Crippen molar-refractivity contribution < 1.29 is 24.9 Å². The highest BCUT2D eigenvalue weighted by Gasteiger charge is 2.32. The standard InChI is InChI=1S/C20H34O5/c1-15(21)18(22)11-7-4-5-9-16-13-14-19(23)17(16)10-6-2-3-8-12-20(24)25/h5,9,15-18,21-22H,2-4,6-8,10-14H2,1H3,(H,24,25)/t15?,16-,17+,18?/m0/s1. The minimum absolute atomic E-state index is 0.124. The molecule has 0 saturated heterocycles. The molecule has 1 fully saturated rings. The van der Waals surface area contributed by atoms with Crippen molar-refractivity contribution in [2.75, 3.05) is 0 Å². The third-order valence-electron chi connectivity index (χ3n) is 5.12. The van der Waals surface area contributed by atoms with Gasteiger partial charge in [0.05, 0.1) is 12.2 Å². The van der Waals surface area contributed by atoms with E-state index in [1.807, 2.05) is 0 Å². The van der Waals surface area contributed by atoms with Crippen LogP contribution in [0.2, 0.25) is 0 Å². The first-order valence-corrected chi connectivity index (χ1v) is 9.69. The minimum Gasteiger partial charge on any atom is -0.481 e. The summed E-state index contributed by atoms with van der Waals surface area (Å²) in [6, 6.07) is 0. The van der Waals surface area contributed by atoms with Crippen molar-refractivity contribution >= 4 is 11.8 Å². The summed E-state index contributed by atoms with van der Waals surface area (Å²) in [6.45, 7) is 1.59. The van der Waals surface area contributed by atoms with Crippen LogP contribution in [0.15, 0.2) is 12.2 Å². The number of carboxylic acid groups (broad SMARTS) is 1. The minimum atomic E-state index is -0.739. The molecule has 5 heteroatoms. The number of ketones is 1. The number of allylic oxidation sites excluding steroid dienone is 2. The summed E-state index contributed by atoms with van der Waals surface area (Å²) in [6.07, 6.45) is 11.5. The maximum Gasteiger partial charge on any atom is 0.303 e. The van der Waals surface area contributed by atoms with E-state index in [1.165, 1.54) is 0 Å². The van der Waals surface area contributed by atoms with Gasteiger partial charge in [0, 0.05) is 18.8 Å². The molecule has 0 aromatic heterocycles. The van der Waals surface area contributed by atoms with Crippen molar-refractivity contribution in [2.45, 2.75) is 89.8 Å². The van der Waals surface area contributed by atoms with Crippen LogP contribution in [-0.4, -0.2) is 39.3 Å². The van der Waals surface area contributed by atoms with Crippen molar-refractivity contribution in [1.82, 2.24) is 0 Å². The van der Waals surface area contributed by atoms with Gasteiger partial charge in [0.25, 0.3) is 0 Å². The summed E-state index contributed by atoms with van der Waals surface area (Å²) in [5.41, 5.74) is 0. The zero-order chi connectivity index (χ0) is 18.7. The number of aliphatic hydroxyl groups excluding tert-OH is 2. The number of Topliss-reactive ketones (excluding diaryl/α,β-unsaturated/α-hetero) is 1. The van der Waals surface area contributed by atoms with Crippen molar-refractivity contribution in [3.8, 4) is 0 Å². The summed E-state index contributed by atoms with van der Waals surface area (Å²) in [5, 5.41) is 27.4. The number of unbranched alkanes of at least 4 members (excludes halogenated alkanes) is 4. The molecule has 25 heavy (non-hydrogen) atoms. The second-order valence-electron chi connectivity index (χ2n) is 7.29. The quantitative estimate of drug-likeness (QED) is 0.348. The molecule has 0 heterocycles. The summed E-state index contributed by atoms with van der Waals surface area (Å²) < 4.78 is 0. The Labute approximate surface area is 151 Å². The Hall–Kier alpha value is -1.20. The highest BCUT2D eigenvalue weighted by Crippen LogP contribution is 2.34. The molecular weight excluding hydrogens is 320 g/mol. The second-order valence-corrected chi connectivity index (χ2v) is 7.29. The van der Waals surface area contributed by atoms with E-state index in [0.29, 0.717) is 24.5 Å². The first-order chi connectivity index (χ1) is 11.9. The number of aliphatic hydroxyl groups is 2. The van der Waals surface area contributed by atoms with Crippen LogP contribution in [0.1, 0.15) is 77.6 Å². The maximum absolute atomic E-state index is 12.1. The Morgan fingerprint density at radius 2 is 1.92 bits per heavy atom. The highest BCUT2D eigenvalue weighted by atomic mass is 16.4. The lowest BCUT2D eigenvalue weighted by molar-refractivity contribution is -0.137. The highest BCUT2D eigenvalue weighted by molar-refractivity contribution is 5.83. The number of rotatable bonds is 13. The van der Waals surface area contributed by atoms with Crippen LogP contribution in [0.3, 0.4) is 0 Å². The van der Waals surface area contributed by atoms with Gasteiger partial charge >= 0.3 is 5.97 Å². The zero-order valence-electron chi connectivity index (χ0n) is 15.4. The predicted molar refractivity (Wildman–Crippen MR) is 97.2 cm³/mol. The van der Waals surface area contributed by atoms with Crippen LogP contribution in [-0.2, 0) is 9.59 Å². The molecule has 4 atom stereocenters. The molecule has 2 unspecified atom stereocenters. The molecule has 1 aliphatic rings. The molecular formula is C20H34O5. The molecule has 5 nitrogen and oxygen atoms in total. The van der Waals surface area contributed by atoms with Gasteiger partial charge in [-0.1, -0.05) is 31.4 Å². The number of hydrogen-bond donors (Lipinski definition) is 3. The fraction of sp³-hybridized carbons (Fsp3) is 0.800. The van der Waals surface area contributed by atoms with Gasteiger partial charge < -0.3 is 15.3 Å². The van der Waals surface area contributed by atoms with Crippen molar-refractivity contribution in [3.05, 3.63) is 12.2 Å². The molecule has 1 aliphatic carbocycles. The lowest BCUT2D eigenvalue weighted by Gasteiger charge is -2.15. The third kappa shape index (κ3) is 9.17. The zero-order valence-corrected chi connectivity index (χ0v) is 15.4. The van der Waals surface area contributed by atoms with E-state index in [1.54, 1.807) is 6.92 Å². The van der Waals surface area contributed by atoms with E-state index in [2.05, 4.69) is 12.2 Å². The molecule has 0 spiro atoms. The van der Waals surface area contributed by atoms with Crippen LogP contribution in [0.25, 0.3) is 0 Å². The molecule has 0 bridgehead atoms. The third-order valence-corrected chi connectivity index (χ3v) is 5.12. The second kappa shape index (κ2) is 12.2. The Balaban J connectivity index is 2.23. The lowest BCUT2D eigenvalue weighted by Crippen LogP contribution is -2.21. The average molecular weight is 354 g/mol. The normalized spacial score (nSPS) is 23.2. The number of aliphatic carboxylic acids is 1. The van der Waals surface area contributed by atoms with E-state index in [-0.39, 0.29) is 12.3 Å². The smallest absolute Gasteiger partial charge is 0.303 e. The van der Waals surface area contributed by atoms with Gasteiger partial charge in [-0.05, 0) is 51.4 Å². The predicted octanol–water partition coefficient (Wildman–Crippen LogP) is 3.48. The van der Waals surface area contributed by atoms with E-state index >= 15 is 0 Å².